The van der Waals surface area contributed by atoms with Crippen LogP contribution in [0.3, 0.4) is 0 Å². The van der Waals surface area contributed by atoms with E-state index in [9.17, 15) is 5.26 Å². The number of hydrogen-bond donors (Lipinski definition) is 0. The molecule has 1 fully saturated rings. The summed E-state index contributed by atoms with van der Waals surface area (Å²) in [6.07, 6.45) is 8.39. The van der Waals surface area contributed by atoms with Crippen molar-refractivity contribution in [3.63, 3.8) is 0 Å². The molecular formula is C16H17N5O2. The maximum atomic E-state index is 9.23. The molecule has 2 aromatic rings. The van der Waals surface area contributed by atoms with Gasteiger partial charge in [0.25, 0.3) is 0 Å². The Labute approximate surface area is 134 Å². The first kappa shape index (κ1) is 15.0. The topological polar surface area (TPSA) is 84.2 Å². The third kappa shape index (κ3) is 3.48. The summed E-state index contributed by atoms with van der Waals surface area (Å²) in [7, 11) is 1.57. The van der Waals surface area contributed by atoms with Gasteiger partial charge in [-0.1, -0.05) is 0 Å². The Kier molecular flexibility index (Phi) is 4.52. The molecule has 23 heavy (non-hydrogen) atoms. The Morgan fingerprint density at radius 1 is 1.30 bits per heavy atom. The molecule has 2 aromatic heterocycles. The molecule has 3 rings (SSSR count). The van der Waals surface area contributed by atoms with Gasteiger partial charge in [-0.3, -0.25) is 4.98 Å². The molecule has 0 amide bonds. The van der Waals surface area contributed by atoms with Gasteiger partial charge in [0.2, 0.25) is 0 Å². The summed E-state index contributed by atoms with van der Waals surface area (Å²) in [6.45, 7) is 1.56. The number of nitriles is 1. The molecule has 7 heteroatoms. The minimum Gasteiger partial charge on any atom is -0.494 e. The molecular weight excluding hydrogens is 294 g/mol. The Morgan fingerprint density at radius 3 is 2.87 bits per heavy atom. The average molecular weight is 311 g/mol. The van der Waals surface area contributed by atoms with Crippen LogP contribution in [0, 0.1) is 11.3 Å². The molecule has 0 bridgehead atoms. The minimum atomic E-state index is -0.0242. The fraction of sp³-hybridized carbons (Fsp3) is 0.375. The Balaban J connectivity index is 1.69. The van der Waals surface area contributed by atoms with E-state index in [0.717, 1.165) is 25.1 Å². The van der Waals surface area contributed by atoms with E-state index in [0.29, 0.717) is 23.9 Å². The average Bonchev–Trinajstić information content (AvgIpc) is 2.62. The number of nitrogens with zero attached hydrogens (tertiary/aromatic N) is 5. The summed E-state index contributed by atoms with van der Waals surface area (Å²) < 4.78 is 10.9. The zero-order valence-corrected chi connectivity index (χ0v) is 12.8. The van der Waals surface area contributed by atoms with Crippen molar-refractivity contribution < 1.29 is 9.47 Å². The predicted octanol–water partition coefficient (Wildman–Crippen LogP) is 1.80. The van der Waals surface area contributed by atoms with Crippen LogP contribution in [0.15, 0.2) is 30.9 Å². The van der Waals surface area contributed by atoms with Gasteiger partial charge < -0.3 is 14.4 Å². The lowest BCUT2D eigenvalue weighted by Crippen LogP contribution is -2.41. The number of methoxy groups -OCH3 is 1. The van der Waals surface area contributed by atoms with Crippen molar-refractivity contribution >= 4 is 5.69 Å². The summed E-state index contributed by atoms with van der Waals surface area (Å²) >= 11 is 0. The number of pyridine rings is 1. The SMILES string of the molecule is COc1cnc(OC2CCCN(c3cnccc3C#N)C2)nc1. The number of anilines is 1. The van der Waals surface area contributed by atoms with Gasteiger partial charge in [-0.25, -0.2) is 0 Å². The smallest absolute Gasteiger partial charge is 0.316 e. The number of ether oxygens (including phenoxy) is 2. The maximum absolute atomic E-state index is 9.23. The van der Waals surface area contributed by atoms with Crippen LogP contribution >= 0.6 is 0 Å². The van der Waals surface area contributed by atoms with Crippen LogP contribution in [0.5, 0.6) is 11.8 Å². The van der Waals surface area contributed by atoms with E-state index < -0.39 is 0 Å². The van der Waals surface area contributed by atoms with Crippen LogP contribution < -0.4 is 14.4 Å². The van der Waals surface area contributed by atoms with Crippen molar-refractivity contribution in [2.75, 3.05) is 25.1 Å². The van der Waals surface area contributed by atoms with E-state index in [2.05, 4.69) is 25.9 Å². The number of rotatable bonds is 4. The second-order valence-corrected chi connectivity index (χ2v) is 5.24. The van der Waals surface area contributed by atoms with Crippen molar-refractivity contribution in [3.05, 3.63) is 36.4 Å². The molecule has 3 heterocycles. The number of hydrogen-bond acceptors (Lipinski definition) is 7. The van der Waals surface area contributed by atoms with Crippen molar-refractivity contribution in [3.8, 4) is 17.8 Å². The number of piperidine rings is 1. The summed E-state index contributed by atoms with van der Waals surface area (Å²) in [4.78, 5) is 14.5. The molecule has 0 aromatic carbocycles. The molecule has 0 saturated carbocycles. The normalized spacial score (nSPS) is 17.4. The van der Waals surface area contributed by atoms with Gasteiger partial charge in [-0.2, -0.15) is 15.2 Å². The van der Waals surface area contributed by atoms with Crippen LogP contribution in [0.4, 0.5) is 5.69 Å². The summed E-state index contributed by atoms with van der Waals surface area (Å²) in [6, 6.07) is 4.27. The van der Waals surface area contributed by atoms with Crippen LogP contribution in [-0.4, -0.2) is 41.3 Å². The molecule has 1 aliphatic rings. The molecule has 1 unspecified atom stereocenters. The third-order valence-electron chi connectivity index (χ3n) is 3.75. The van der Waals surface area contributed by atoms with Crippen LogP contribution in [0.2, 0.25) is 0 Å². The summed E-state index contributed by atoms with van der Waals surface area (Å²) in [5.41, 5.74) is 1.47. The highest BCUT2D eigenvalue weighted by Crippen LogP contribution is 2.24. The summed E-state index contributed by atoms with van der Waals surface area (Å²) in [5.74, 6) is 0.594. The number of aromatic nitrogens is 3. The van der Waals surface area contributed by atoms with Crippen LogP contribution in [-0.2, 0) is 0 Å². The fourth-order valence-electron chi connectivity index (χ4n) is 2.61. The molecule has 118 valence electrons. The van der Waals surface area contributed by atoms with Crippen LogP contribution in [0.25, 0.3) is 0 Å². The Hall–Kier alpha value is -2.88. The van der Waals surface area contributed by atoms with E-state index >= 15 is 0 Å². The van der Waals surface area contributed by atoms with Gasteiger partial charge in [0.1, 0.15) is 12.2 Å². The summed E-state index contributed by atoms with van der Waals surface area (Å²) in [5, 5.41) is 9.23. The first-order valence-corrected chi connectivity index (χ1v) is 7.42. The van der Waals surface area contributed by atoms with E-state index in [4.69, 9.17) is 9.47 Å². The van der Waals surface area contributed by atoms with Crippen molar-refractivity contribution in [1.82, 2.24) is 15.0 Å². The monoisotopic (exact) mass is 311 g/mol. The van der Waals surface area contributed by atoms with Gasteiger partial charge >= 0.3 is 6.01 Å². The van der Waals surface area contributed by atoms with Gasteiger partial charge in [-0.15, -0.1) is 0 Å². The largest absolute Gasteiger partial charge is 0.494 e. The Morgan fingerprint density at radius 2 is 2.13 bits per heavy atom. The second-order valence-electron chi connectivity index (χ2n) is 5.24. The van der Waals surface area contributed by atoms with E-state index in [1.807, 2.05) is 0 Å². The van der Waals surface area contributed by atoms with Gasteiger partial charge in [0.05, 0.1) is 43.5 Å². The molecule has 0 radical (unpaired) electrons. The lowest BCUT2D eigenvalue weighted by molar-refractivity contribution is 0.164. The zero-order chi connectivity index (χ0) is 16.1. The van der Waals surface area contributed by atoms with Crippen molar-refractivity contribution in [2.45, 2.75) is 18.9 Å². The van der Waals surface area contributed by atoms with Crippen LogP contribution in [0.1, 0.15) is 18.4 Å². The van der Waals surface area contributed by atoms with E-state index in [-0.39, 0.29) is 6.10 Å². The quantitative estimate of drug-likeness (QED) is 0.851. The lowest BCUT2D eigenvalue weighted by atomic mass is 10.1. The first-order chi connectivity index (χ1) is 11.3. The fourth-order valence-corrected chi connectivity index (χ4v) is 2.61. The zero-order valence-electron chi connectivity index (χ0n) is 12.8. The lowest BCUT2D eigenvalue weighted by Gasteiger charge is -2.34. The molecule has 0 aliphatic carbocycles. The molecule has 1 saturated heterocycles. The highest BCUT2D eigenvalue weighted by molar-refractivity contribution is 5.57. The maximum Gasteiger partial charge on any atom is 0.316 e. The molecule has 1 aliphatic heterocycles. The van der Waals surface area contributed by atoms with Gasteiger partial charge in [0.15, 0.2) is 5.75 Å². The predicted molar refractivity (Wildman–Crippen MR) is 83.4 cm³/mol. The molecule has 0 N–H and O–H groups in total. The highest BCUT2D eigenvalue weighted by atomic mass is 16.5. The van der Waals surface area contributed by atoms with Crippen molar-refractivity contribution in [1.29, 1.82) is 5.26 Å². The van der Waals surface area contributed by atoms with E-state index in [1.54, 1.807) is 38.0 Å². The van der Waals surface area contributed by atoms with Crippen molar-refractivity contribution in [2.24, 2.45) is 0 Å². The first-order valence-electron chi connectivity index (χ1n) is 7.42. The van der Waals surface area contributed by atoms with Gasteiger partial charge in [-0.05, 0) is 18.9 Å². The van der Waals surface area contributed by atoms with Gasteiger partial charge in [0, 0.05) is 12.7 Å². The Bertz CT molecular complexity index is 698. The third-order valence-corrected chi connectivity index (χ3v) is 3.75. The molecule has 1 atom stereocenters. The molecule has 7 nitrogen and oxygen atoms in total. The minimum absolute atomic E-state index is 0.0242. The second kappa shape index (κ2) is 6.92. The molecule has 0 spiro atoms. The standard InChI is InChI=1S/C16H17N5O2/c1-22-14-8-19-16(20-9-14)23-13-3-2-6-21(11-13)15-10-18-5-4-12(15)7-17/h4-5,8-10,13H,2-3,6,11H2,1H3. The van der Waals surface area contributed by atoms with E-state index in [1.165, 1.54) is 0 Å². The highest BCUT2D eigenvalue weighted by Gasteiger charge is 2.24.